The SMILES string of the molecule is CC1C2C=CC=CC2C2c3cc(CCC4C5C=CC=CC5C5c6ccccc6N(C)C45)ccc3N(C)C12. The maximum absolute atomic E-state index is 2.62. The van der Waals surface area contributed by atoms with Crippen LogP contribution in [0.25, 0.3) is 0 Å². The van der Waals surface area contributed by atoms with Crippen molar-refractivity contribution in [3.05, 3.63) is 108 Å². The van der Waals surface area contributed by atoms with Crippen molar-refractivity contribution in [3.8, 4) is 0 Å². The fourth-order valence-electron chi connectivity index (χ4n) is 9.82. The summed E-state index contributed by atoms with van der Waals surface area (Å²) in [4.78, 5) is 5.22. The van der Waals surface area contributed by atoms with Gasteiger partial charge in [0.05, 0.1) is 0 Å². The van der Waals surface area contributed by atoms with E-state index in [9.17, 15) is 0 Å². The molecule has 2 aromatic rings. The highest BCUT2D eigenvalue weighted by molar-refractivity contribution is 5.65. The second kappa shape index (κ2) is 8.00. The van der Waals surface area contributed by atoms with E-state index in [1.807, 2.05) is 0 Å². The monoisotopic (exact) mass is 486 g/mol. The number of fused-ring (bicyclic) bond motifs is 10. The molecule has 2 saturated carbocycles. The summed E-state index contributed by atoms with van der Waals surface area (Å²) in [6.07, 6.45) is 21.6. The number of anilines is 2. The molecular formula is C35H38N2. The van der Waals surface area contributed by atoms with E-state index in [0.29, 0.717) is 59.4 Å². The van der Waals surface area contributed by atoms with Gasteiger partial charge in [0.2, 0.25) is 0 Å². The number of hydrogen-bond acceptors (Lipinski definition) is 2. The van der Waals surface area contributed by atoms with E-state index in [0.717, 1.165) is 0 Å². The summed E-state index contributed by atoms with van der Waals surface area (Å²) in [5.41, 5.74) is 7.64. The molecule has 2 aromatic carbocycles. The molecule has 10 atom stereocenters. The molecule has 2 nitrogen and oxygen atoms in total. The first-order valence-electron chi connectivity index (χ1n) is 14.5. The lowest BCUT2D eigenvalue weighted by molar-refractivity contribution is 0.365. The van der Waals surface area contributed by atoms with Crippen molar-refractivity contribution in [2.45, 2.75) is 43.7 Å². The molecule has 188 valence electrons. The van der Waals surface area contributed by atoms with Crippen LogP contribution in [0.5, 0.6) is 0 Å². The van der Waals surface area contributed by atoms with E-state index in [-0.39, 0.29) is 0 Å². The second-order valence-electron chi connectivity index (χ2n) is 12.6. The molecular weight excluding hydrogens is 448 g/mol. The quantitative estimate of drug-likeness (QED) is 0.456. The normalized spacial score (nSPS) is 39.4. The molecule has 0 aromatic heterocycles. The van der Waals surface area contributed by atoms with Crippen LogP contribution in [0.1, 0.15) is 41.9 Å². The lowest BCUT2D eigenvalue weighted by Crippen LogP contribution is -2.35. The van der Waals surface area contributed by atoms with Gasteiger partial charge in [0.25, 0.3) is 0 Å². The fraction of sp³-hybridized carbons (Fsp3) is 0.429. The van der Waals surface area contributed by atoms with E-state index < -0.39 is 0 Å². The molecule has 0 bridgehead atoms. The molecule has 0 saturated heterocycles. The lowest BCUT2D eigenvalue weighted by Gasteiger charge is -2.31. The van der Waals surface area contributed by atoms with Crippen LogP contribution in [-0.4, -0.2) is 26.2 Å². The molecule has 2 fully saturated rings. The molecule has 2 aliphatic heterocycles. The Kier molecular flexibility index (Phi) is 4.76. The van der Waals surface area contributed by atoms with Gasteiger partial charge in [-0.3, -0.25) is 0 Å². The minimum absolute atomic E-state index is 0.598. The Morgan fingerprint density at radius 2 is 1.27 bits per heavy atom. The molecule has 37 heavy (non-hydrogen) atoms. The number of rotatable bonds is 3. The Labute approximate surface area is 222 Å². The number of likely N-dealkylation sites (N-methyl/N-ethyl adjacent to an activating group) is 2. The minimum atomic E-state index is 0.598. The predicted octanol–water partition coefficient (Wildman–Crippen LogP) is 7.12. The molecule has 6 aliphatic rings. The van der Waals surface area contributed by atoms with Crippen molar-refractivity contribution in [1.82, 2.24) is 0 Å². The third kappa shape index (κ3) is 2.93. The summed E-state index contributed by atoms with van der Waals surface area (Å²) in [7, 11) is 4.68. The molecule has 8 rings (SSSR count). The first-order valence-corrected chi connectivity index (χ1v) is 14.5. The zero-order valence-electron chi connectivity index (χ0n) is 22.2. The highest BCUT2D eigenvalue weighted by Crippen LogP contribution is 2.60. The lowest BCUT2D eigenvalue weighted by atomic mass is 9.80. The van der Waals surface area contributed by atoms with E-state index >= 15 is 0 Å². The number of nitrogens with zero attached hydrogens (tertiary/aromatic N) is 2. The van der Waals surface area contributed by atoms with Gasteiger partial charge in [-0.05, 0) is 77.2 Å². The zero-order chi connectivity index (χ0) is 24.8. The van der Waals surface area contributed by atoms with Gasteiger partial charge in [-0.25, -0.2) is 0 Å². The summed E-state index contributed by atoms with van der Waals surface area (Å²) in [6, 6.07) is 17.9. The van der Waals surface area contributed by atoms with Crippen LogP contribution in [-0.2, 0) is 6.42 Å². The van der Waals surface area contributed by atoms with Gasteiger partial charge >= 0.3 is 0 Å². The van der Waals surface area contributed by atoms with Crippen LogP contribution in [0.15, 0.2) is 91.1 Å². The number of para-hydroxylation sites is 1. The average Bonchev–Trinajstić information content (AvgIpc) is 3.61. The van der Waals surface area contributed by atoms with Crippen molar-refractivity contribution >= 4 is 11.4 Å². The maximum atomic E-state index is 2.62. The first kappa shape index (κ1) is 22.0. The van der Waals surface area contributed by atoms with Crippen molar-refractivity contribution in [2.75, 3.05) is 23.9 Å². The van der Waals surface area contributed by atoms with Crippen LogP contribution in [0.4, 0.5) is 11.4 Å². The van der Waals surface area contributed by atoms with Crippen LogP contribution in [0.2, 0.25) is 0 Å². The van der Waals surface area contributed by atoms with Gasteiger partial charge in [0, 0.05) is 49.4 Å². The molecule has 4 aliphatic carbocycles. The molecule has 0 amide bonds. The largest absolute Gasteiger partial charge is 0.370 e. The fourth-order valence-corrected chi connectivity index (χ4v) is 9.82. The van der Waals surface area contributed by atoms with Crippen molar-refractivity contribution in [3.63, 3.8) is 0 Å². The Balaban J connectivity index is 1.09. The summed E-state index contributed by atoms with van der Waals surface area (Å²) < 4.78 is 0. The number of hydrogen-bond donors (Lipinski definition) is 0. The third-order valence-corrected chi connectivity index (χ3v) is 11.3. The Bertz CT molecular complexity index is 1360. The van der Waals surface area contributed by atoms with E-state index in [4.69, 9.17) is 0 Å². The molecule has 0 spiro atoms. The van der Waals surface area contributed by atoms with Gasteiger partial charge in [0.15, 0.2) is 0 Å². The van der Waals surface area contributed by atoms with E-state index in [1.165, 1.54) is 29.8 Å². The standard InChI is InChI=1S/C35H38N2/c1-21-23-10-4-6-12-25(23)33-29-20-22(17-19-31(29)36(2)34(21)33)16-18-27-24-11-5-7-13-26(24)32-28-14-8-9-15-30(28)37(3)35(27)32/h4-15,17,19-21,23-27,32-35H,16,18H2,1-3H3. The first-order chi connectivity index (χ1) is 18.1. The average molecular weight is 487 g/mol. The van der Waals surface area contributed by atoms with Gasteiger partial charge in [-0.2, -0.15) is 0 Å². The highest BCUT2D eigenvalue weighted by atomic mass is 15.2. The number of benzene rings is 2. The minimum Gasteiger partial charge on any atom is -0.370 e. The summed E-state index contributed by atoms with van der Waals surface area (Å²) in [6.45, 7) is 2.48. The summed E-state index contributed by atoms with van der Waals surface area (Å²) in [5.74, 6) is 5.22. The van der Waals surface area contributed by atoms with Gasteiger partial charge in [-0.1, -0.05) is 85.9 Å². The molecule has 0 N–H and O–H groups in total. The van der Waals surface area contributed by atoms with Crippen LogP contribution in [0.3, 0.4) is 0 Å². The van der Waals surface area contributed by atoms with Crippen molar-refractivity contribution in [1.29, 1.82) is 0 Å². The van der Waals surface area contributed by atoms with Crippen molar-refractivity contribution in [2.24, 2.45) is 35.5 Å². The van der Waals surface area contributed by atoms with Crippen molar-refractivity contribution < 1.29 is 0 Å². The van der Waals surface area contributed by atoms with E-state index in [1.54, 1.807) is 11.1 Å². The number of aryl methyl sites for hydroxylation is 1. The smallest absolute Gasteiger partial charge is 0.0403 e. The summed E-state index contributed by atoms with van der Waals surface area (Å²) >= 11 is 0. The molecule has 10 unspecified atom stereocenters. The second-order valence-corrected chi connectivity index (χ2v) is 12.6. The van der Waals surface area contributed by atoms with Crippen LogP contribution in [0, 0.1) is 35.5 Å². The highest BCUT2D eigenvalue weighted by Gasteiger charge is 2.55. The molecule has 0 radical (unpaired) electrons. The maximum Gasteiger partial charge on any atom is 0.0403 e. The van der Waals surface area contributed by atoms with Gasteiger partial charge in [-0.15, -0.1) is 0 Å². The van der Waals surface area contributed by atoms with E-state index in [2.05, 4.69) is 122 Å². The zero-order valence-corrected chi connectivity index (χ0v) is 22.2. The number of allylic oxidation sites excluding steroid dienone is 8. The Hall–Kier alpha value is -3.00. The topological polar surface area (TPSA) is 6.48 Å². The van der Waals surface area contributed by atoms with Gasteiger partial charge < -0.3 is 9.80 Å². The molecule has 2 heteroatoms. The Morgan fingerprint density at radius 1 is 0.649 bits per heavy atom. The van der Waals surface area contributed by atoms with Crippen LogP contribution < -0.4 is 9.80 Å². The van der Waals surface area contributed by atoms with Crippen LogP contribution >= 0.6 is 0 Å². The summed E-state index contributed by atoms with van der Waals surface area (Å²) in [5, 5.41) is 0. The van der Waals surface area contributed by atoms with Gasteiger partial charge in [0.1, 0.15) is 0 Å². The molecule has 2 heterocycles. The Morgan fingerprint density at radius 3 is 2.08 bits per heavy atom. The third-order valence-electron chi connectivity index (χ3n) is 11.3. The predicted molar refractivity (Wildman–Crippen MR) is 154 cm³/mol.